The quantitative estimate of drug-likeness (QED) is 0.871. The van der Waals surface area contributed by atoms with Gasteiger partial charge in [0.05, 0.1) is 0 Å². The van der Waals surface area contributed by atoms with Crippen LogP contribution in [0.1, 0.15) is 28.4 Å². The molecule has 0 aromatic heterocycles. The number of aliphatic carboxylic acids is 1. The van der Waals surface area contributed by atoms with Crippen LogP contribution in [0.3, 0.4) is 0 Å². The highest BCUT2D eigenvalue weighted by atomic mass is 16.4. The Bertz CT molecular complexity index is 777. The van der Waals surface area contributed by atoms with Crippen molar-refractivity contribution in [2.24, 2.45) is 0 Å². The van der Waals surface area contributed by atoms with Crippen molar-refractivity contribution in [3.63, 3.8) is 0 Å². The molecule has 0 spiro atoms. The Morgan fingerprint density at radius 3 is 2.24 bits per heavy atom. The molecule has 2 amide bonds. The number of carbonyl (C=O) groups excluding carboxylic acids is 2. The van der Waals surface area contributed by atoms with Gasteiger partial charge in [-0.15, -0.1) is 0 Å². The molecule has 0 saturated carbocycles. The highest BCUT2D eigenvalue weighted by Crippen LogP contribution is 2.26. The number of carbonyl (C=O) groups is 3. The molecule has 3 rings (SSSR count). The second kappa shape index (κ2) is 7.17. The maximum absolute atomic E-state index is 12.6. The van der Waals surface area contributed by atoms with E-state index in [0.717, 1.165) is 0 Å². The molecule has 2 N–H and O–H groups in total. The van der Waals surface area contributed by atoms with E-state index in [1.54, 1.807) is 60.7 Å². The van der Waals surface area contributed by atoms with Gasteiger partial charge in [-0.1, -0.05) is 48.5 Å². The minimum absolute atomic E-state index is 0.282. The summed E-state index contributed by atoms with van der Waals surface area (Å²) in [4.78, 5) is 37.9. The number of rotatable bonds is 5. The molecule has 6 nitrogen and oxygen atoms in total. The molecule has 128 valence electrons. The normalized spacial score (nSPS) is 18.0. The zero-order valence-electron chi connectivity index (χ0n) is 13.5. The fraction of sp³-hybridized carbons (Fsp3) is 0.211. The predicted octanol–water partition coefficient (Wildman–Crippen LogP) is 1.84. The number of carboxylic acid groups (broad SMARTS) is 1. The third-order valence-electron chi connectivity index (χ3n) is 4.24. The number of nitrogens with zero attached hydrogens (tertiary/aromatic N) is 1. The summed E-state index contributed by atoms with van der Waals surface area (Å²) >= 11 is 0. The van der Waals surface area contributed by atoms with Gasteiger partial charge in [-0.05, 0) is 24.1 Å². The van der Waals surface area contributed by atoms with Crippen LogP contribution in [-0.2, 0) is 9.59 Å². The molecule has 0 aliphatic carbocycles. The van der Waals surface area contributed by atoms with Crippen LogP contribution in [0.5, 0.6) is 0 Å². The summed E-state index contributed by atoms with van der Waals surface area (Å²) in [5.74, 6) is -1.80. The first kappa shape index (κ1) is 16.7. The molecule has 1 heterocycles. The minimum atomic E-state index is -1.09. The monoisotopic (exact) mass is 338 g/mol. The van der Waals surface area contributed by atoms with Crippen molar-refractivity contribution >= 4 is 17.8 Å². The summed E-state index contributed by atoms with van der Waals surface area (Å²) in [5, 5.41) is 12.3. The lowest BCUT2D eigenvalue weighted by molar-refractivity contribution is -0.149. The smallest absolute Gasteiger partial charge is 0.331 e. The molecule has 1 saturated heterocycles. The molecule has 1 aliphatic heterocycles. The predicted molar refractivity (Wildman–Crippen MR) is 90.8 cm³/mol. The largest absolute Gasteiger partial charge is 0.479 e. The summed E-state index contributed by atoms with van der Waals surface area (Å²) in [6.45, 7) is 0.282. The van der Waals surface area contributed by atoms with Crippen molar-refractivity contribution in [3.8, 4) is 0 Å². The second-order valence-electron chi connectivity index (χ2n) is 5.86. The molecule has 1 aliphatic rings. The Kier molecular flexibility index (Phi) is 4.79. The maximum Gasteiger partial charge on any atom is 0.331 e. The van der Waals surface area contributed by atoms with Crippen LogP contribution in [0.4, 0.5) is 0 Å². The van der Waals surface area contributed by atoms with Gasteiger partial charge in [0.25, 0.3) is 5.91 Å². The van der Waals surface area contributed by atoms with E-state index in [1.807, 2.05) is 0 Å². The Balaban J connectivity index is 1.74. The van der Waals surface area contributed by atoms with Gasteiger partial charge in [-0.3, -0.25) is 9.59 Å². The zero-order valence-corrected chi connectivity index (χ0v) is 13.5. The first-order valence-corrected chi connectivity index (χ1v) is 8.02. The molecule has 25 heavy (non-hydrogen) atoms. The molecule has 0 unspecified atom stereocenters. The lowest BCUT2D eigenvalue weighted by Crippen LogP contribution is -2.43. The third-order valence-corrected chi connectivity index (χ3v) is 4.24. The Morgan fingerprint density at radius 1 is 1.04 bits per heavy atom. The van der Waals surface area contributed by atoms with Crippen LogP contribution in [0.25, 0.3) is 0 Å². The van der Waals surface area contributed by atoms with Gasteiger partial charge in [-0.25, -0.2) is 4.79 Å². The highest BCUT2D eigenvalue weighted by Gasteiger charge is 2.40. The molecular weight excluding hydrogens is 320 g/mol. The van der Waals surface area contributed by atoms with E-state index in [4.69, 9.17) is 0 Å². The first-order valence-electron chi connectivity index (χ1n) is 8.02. The number of hydrogen-bond acceptors (Lipinski definition) is 3. The van der Waals surface area contributed by atoms with Gasteiger partial charge in [0.15, 0.2) is 6.04 Å². The molecular formula is C19H18N2O4. The Hall–Kier alpha value is -3.15. The minimum Gasteiger partial charge on any atom is -0.479 e. The number of benzene rings is 2. The second-order valence-corrected chi connectivity index (χ2v) is 5.86. The average molecular weight is 338 g/mol. The van der Waals surface area contributed by atoms with Crippen LogP contribution < -0.4 is 5.32 Å². The van der Waals surface area contributed by atoms with E-state index in [0.29, 0.717) is 17.5 Å². The lowest BCUT2D eigenvalue weighted by Gasteiger charge is -2.25. The third kappa shape index (κ3) is 3.52. The van der Waals surface area contributed by atoms with Crippen LogP contribution in [0.2, 0.25) is 0 Å². The van der Waals surface area contributed by atoms with Gasteiger partial charge < -0.3 is 15.3 Å². The molecule has 0 bridgehead atoms. The van der Waals surface area contributed by atoms with Crippen LogP contribution >= 0.6 is 0 Å². The molecule has 2 aromatic carbocycles. The average Bonchev–Trinajstić information content (AvgIpc) is 2.97. The van der Waals surface area contributed by atoms with Crippen molar-refractivity contribution in [2.75, 3.05) is 6.54 Å². The van der Waals surface area contributed by atoms with Gasteiger partial charge in [0.1, 0.15) is 6.04 Å². The molecule has 1 fully saturated rings. The fourth-order valence-corrected chi connectivity index (χ4v) is 3.01. The SMILES string of the molecule is O=C(N[C@H]1CCN([C@H](C(=O)O)c2ccccc2)C1=O)c1ccccc1. The van der Waals surface area contributed by atoms with Crippen LogP contribution in [0.15, 0.2) is 60.7 Å². The van der Waals surface area contributed by atoms with Crippen LogP contribution in [0, 0.1) is 0 Å². The number of amides is 2. The van der Waals surface area contributed by atoms with E-state index in [9.17, 15) is 19.5 Å². The maximum atomic E-state index is 12.6. The summed E-state index contributed by atoms with van der Waals surface area (Å²) in [6, 6.07) is 15.5. The van der Waals surface area contributed by atoms with E-state index < -0.39 is 18.1 Å². The highest BCUT2D eigenvalue weighted by molar-refractivity contribution is 5.98. The van der Waals surface area contributed by atoms with Crippen molar-refractivity contribution in [1.82, 2.24) is 10.2 Å². The lowest BCUT2D eigenvalue weighted by atomic mass is 10.1. The van der Waals surface area contributed by atoms with E-state index in [-0.39, 0.29) is 18.4 Å². The Morgan fingerprint density at radius 2 is 1.64 bits per heavy atom. The summed E-state index contributed by atoms with van der Waals surface area (Å²) < 4.78 is 0. The van der Waals surface area contributed by atoms with Gasteiger partial charge in [0.2, 0.25) is 5.91 Å². The van der Waals surface area contributed by atoms with E-state index in [1.165, 1.54) is 4.90 Å². The number of nitrogens with one attached hydrogen (secondary N) is 1. The van der Waals surface area contributed by atoms with Crippen molar-refractivity contribution < 1.29 is 19.5 Å². The number of likely N-dealkylation sites (tertiary alicyclic amines) is 1. The summed E-state index contributed by atoms with van der Waals surface area (Å²) in [7, 11) is 0. The molecule has 2 atom stereocenters. The van der Waals surface area contributed by atoms with Crippen molar-refractivity contribution in [1.29, 1.82) is 0 Å². The number of carboxylic acids is 1. The first-order chi connectivity index (χ1) is 12.1. The molecule has 0 radical (unpaired) electrons. The Labute approximate surface area is 145 Å². The fourth-order valence-electron chi connectivity index (χ4n) is 3.01. The van der Waals surface area contributed by atoms with Crippen LogP contribution in [-0.4, -0.2) is 40.4 Å². The van der Waals surface area contributed by atoms with Gasteiger partial charge >= 0.3 is 5.97 Å². The van der Waals surface area contributed by atoms with E-state index >= 15 is 0 Å². The van der Waals surface area contributed by atoms with Gasteiger partial charge in [-0.2, -0.15) is 0 Å². The van der Waals surface area contributed by atoms with E-state index in [2.05, 4.69) is 5.32 Å². The standard InChI is InChI=1S/C19H18N2O4/c22-17(14-9-5-2-6-10-14)20-15-11-12-21(18(15)23)16(19(24)25)13-7-3-1-4-8-13/h1-10,15-16H,11-12H2,(H,20,22)(H,24,25)/t15-,16-/m0/s1. The summed E-state index contributed by atoms with van der Waals surface area (Å²) in [5.41, 5.74) is 1.00. The topological polar surface area (TPSA) is 86.7 Å². The van der Waals surface area contributed by atoms with Crippen molar-refractivity contribution in [2.45, 2.75) is 18.5 Å². The number of hydrogen-bond donors (Lipinski definition) is 2. The summed E-state index contributed by atoms with van der Waals surface area (Å²) in [6.07, 6.45) is 0.383. The zero-order chi connectivity index (χ0) is 17.8. The molecule has 2 aromatic rings. The molecule has 6 heteroatoms. The van der Waals surface area contributed by atoms with Crippen molar-refractivity contribution in [3.05, 3.63) is 71.8 Å². The van der Waals surface area contributed by atoms with Gasteiger partial charge in [0, 0.05) is 12.1 Å².